The number of ether oxygens (including phenoxy) is 2. The van der Waals surface area contributed by atoms with E-state index in [1.807, 2.05) is 30.3 Å². The fourth-order valence-corrected chi connectivity index (χ4v) is 2.80. The number of carbonyl (C=O) groups is 2. The molecule has 0 aliphatic heterocycles. The van der Waals surface area contributed by atoms with Crippen LogP contribution in [-0.4, -0.2) is 18.5 Å². The Kier molecular flexibility index (Phi) is 6.82. The highest BCUT2D eigenvalue weighted by atomic mass is 35.5. The van der Waals surface area contributed by atoms with Crippen LogP contribution in [0.4, 0.5) is 0 Å². The van der Waals surface area contributed by atoms with E-state index in [9.17, 15) is 9.59 Å². The summed E-state index contributed by atoms with van der Waals surface area (Å²) in [5, 5.41) is 0.458. The molecule has 0 aliphatic carbocycles. The summed E-state index contributed by atoms with van der Waals surface area (Å²) in [6, 6.07) is 22.8. The Bertz CT molecular complexity index is 936. The van der Waals surface area contributed by atoms with Crippen LogP contribution in [0.1, 0.15) is 32.7 Å². The molecule has 0 saturated heterocycles. The summed E-state index contributed by atoms with van der Waals surface area (Å²) < 4.78 is 10.6. The van der Waals surface area contributed by atoms with Crippen molar-refractivity contribution in [1.29, 1.82) is 0 Å². The minimum atomic E-state index is -0.515. The summed E-state index contributed by atoms with van der Waals surface area (Å²) >= 11 is 5.88. The number of carbonyl (C=O) groups excluding carboxylic acids is 2. The molecule has 28 heavy (non-hydrogen) atoms. The van der Waals surface area contributed by atoms with E-state index in [4.69, 9.17) is 21.1 Å². The summed E-state index contributed by atoms with van der Waals surface area (Å²) in [4.78, 5) is 24.2. The summed E-state index contributed by atoms with van der Waals surface area (Å²) in [7, 11) is 0. The molecule has 0 aliphatic rings. The van der Waals surface area contributed by atoms with E-state index in [1.165, 1.54) is 11.6 Å². The summed E-state index contributed by atoms with van der Waals surface area (Å²) in [5.41, 5.74) is 1.97. The molecule has 3 aromatic carbocycles. The molecule has 0 saturated carbocycles. The molecule has 0 fully saturated rings. The molecular weight excluding hydrogens is 376 g/mol. The summed E-state index contributed by atoms with van der Waals surface area (Å²) in [6.07, 6.45) is 1.61. The smallest absolute Gasteiger partial charge is 0.343 e. The van der Waals surface area contributed by atoms with Crippen LogP contribution < -0.4 is 4.74 Å². The second kappa shape index (κ2) is 9.72. The second-order valence-electron chi connectivity index (χ2n) is 6.15. The first kappa shape index (κ1) is 19.6. The van der Waals surface area contributed by atoms with Crippen LogP contribution in [0.15, 0.2) is 78.9 Å². The van der Waals surface area contributed by atoms with Crippen LogP contribution in [0.5, 0.6) is 5.75 Å². The van der Waals surface area contributed by atoms with Gasteiger partial charge in [-0.15, -0.1) is 0 Å². The van der Waals surface area contributed by atoms with E-state index in [2.05, 4.69) is 0 Å². The fourth-order valence-electron chi connectivity index (χ4n) is 2.61. The third-order valence-electron chi connectivity index (χ3n) is 4.05. The lowest BCUT2D eigenvalue weighted by Gasteiger charge is -2.07. The van der Waals surface area contributed by atoms with E-state index in [1.54, 1.807) is 42.5 Å². The normalized spacial score (nSPS) is 10.3. The van der Waals surface area contributed by atoms with Crippen molar-refractivity contribution < 1.29 is 19.1 Å². The van der Waals surface area contributed by atoms with Gasteiger partial charge in [0.25, 0.3) is 0 Å². The van der Waals surface area contributed by atoms with Crippen molar-refractivity contribution in [2.24, 2.45) is 0 Å². The van der Waals surface area contributed by atoms with Crippen molar-refractivity contribution in [3.8, 4) is 5.75 Å². The molecule has 0 aromatic heterocycles. The Balaban J connectivity index is 1.48. The van der Waals surface area contributed by atoms with Gasteiger partial charge in [0.2, 0.25) is 0 Å². The number of aryl methyl sites for hydroxylation is 1. The van der Waals surface area contributed by atoms with Crippen LogP contribution in [0.2, 0.25) is 5.02 Å². The molecule has 0 heterocycles. The Morgan fingerprint density at radius 1 is 0.786 bits per heavy atom. The molecule has 3 aromatic rings. The molecule has 0 atom stereocenters. The number of rotatable bonds is 7. The number of hydrogen-bond acceptors (Lipinski definition) is 4. The van der Waals surface area contributed by atoms with Gasteiger partial charge in [-0.05, 0) is 60.9 Å². The third-order valence-corrected chi connectivity index (χ3v) is 4.28. The van der Waals surface area contributed by atoms with Gasteiger partial charge in [-0.1, -0.05) is 48.0 Å². The maximum absolute atomic E-state index is 12.1. The highest BCUT2D eigenvalue weighted by molar-refractivity contribution is 6.30. The topological polar surface area (TPSA) is 52.6 Å². The molecule has 0 N–H and O–H groups in total. The van der Waals surface area contributed by atoms with E-state index in [0.29, 0.717) is 28.5 Å². The number of esters is 2. The fraction of sp³-hybridized carbons (Fsp3) is 0.130. The first-order chi connectivity index (χ1) is 13.6. The Morgan fingerprint density at radius 2 is 1.54 bits per heavy atom. The van der Waals surface area contributed by atoms with Crippen LogP contribution in [0.25, 0.3) is 0 Å². The van der Waals surface area contributed by atoms with Crippen molar-refractivity contribution >= 4 is 23.5 Å². The molecule has 4 nitrogen and oxygen atoms in total. The average molecular weight is 395 g/mol. The first-order valence-corrected chi connectivity index (χ1v) is 9.28. The van der Waals surface area contributed by atoms with Gasteiger partial charge in [-0.3, -0.25) is 0 Å². The maximum atomic E-state index is 12.1. The molecule has 0 radical (unpaired) electrons. The Labute approximate surface area is 168 Å². The quantitative estimate of drug-likeness (QED) is 0.308. The number of benzene rings is 3. The molecule has 5 heteroatoms. The summed E-state index contributed by atoms with van der Waals surface area (Å²) in [5.74, 6) is -0.579. The van der Waals surface area contributed by atoms with Crippen molar-refractivity contribution in [2.45, 2.75) is 12.8 Å². The maximum Gasteiger partial charge on any atom is 0.343 e. The summed E-state index contributed by atoms with van der Waals surface area (Å²) in [6.45, 7) is 0.346. The van der Waals surface area contributed by atoms with E-state index in [-0.39, 0.29) is 0 Å². The van der Waals surface area contributed by atoms with Gasteiger partial charge < -0.3 is 9.47 Å². The van der Waals surface area contributed by atoms with Gasteiger partial charge in [0.15, 0.2) is 0 Å². The molecule has 0 spiro atoms. The van der Waals surface area contributed by atoms with E-state index >= 15 is 0 Å². The zero-order valence-corrected chi connectivity index (χ0v) is 15.9. The van der Waals surface area contributed by atoms with Crippen molar-refractivity contribution in [3.05, 3.63) is 101 Å². The monoisotopic (exact) mass is 394 g/mol. The highest BCUT2D eigenvalue weighted by Gasteiger charge is 2.11. The standard InChI is InChI=1S/C23H19ClO4/c24-20-10-4-9-19(16-20)23(26)28-21-13-11-18(12-14-21)22(25)27-15-5-8-17-6-2-1-3-7-17/h1-4,6-7,9-14,16H,5,8,15H2. The largest absolute Gasteiger partial charge is 0.462 e. The lowest BCUT2D eigenvalue weighted by Crippen LogP contribution is -2.09. The molecule has 3 rings (SSSR count). The van der Waals surface area contributed by atoms with Crippen LogP contribution in [-0.2, 0) is 11.2 Å². The molecule has 142 valence electrons. The zero-order chi connectivity index (χ0) is 19.8. The second-order valence-corrected chi connectivity index (χ2v) is 6.59. The van der Waals surface area contributed by atoms with Gasteiger partial charge in [-0.2, -0.15) is 0 Å². The molecule has 0 bridgehead atoms. The predicted molar refractivity (Wildman–Crippen MR) is 108 cm³/mol. The molecular formula is C23H19ClO4. The Morgan fingerprint density at radius 3 is 2.25 bits per heavy atom. The van der Waals surface area contributed by atoms with Gasteiger partial charge in [0.1, 0.15) is 5.75 Å². The molecule has 0 amide bonds. The number of halogens is 1. The lowest BCUT2D eigenvalue weighted by atomic mass is 10.1. The van der Waals surface area contributed by atoms with Gasteiger partial charge >= 0.3 is 11.9 Å². The predicted octanol–water partition coefficient (Wildman–Crippen LogP) is 5.35. The van der Waals surface area contributed by atoms with Crippen molar-refractivity contribution in [2.75, 3.05) is 6.61 Å². The van der Waals surface area contributed by atoms with E-state index < -0.39 is 11.9 Å². The lowest BCUT2D eigenvalue weighted by molar-refractivity contribution is 0.0500. The molecule has 0 unspecified atom stereocenters. The van der Waals surface area contributed by atoms with Crippen LogP contribution in [0, 0.1) is 0 Å². The minimum Gasteiger partial charge on any atom is -0.462 e. The van der Waals surface area contributed by atoms with Crippen molar-refractivity contribution in [3.63, 3.8) is 0 Å². The zero-order valence-electron chi connectivity index (χ0n) is 15.1. The third kappa shape index (κ3) is 5.69. The first-order valence-electron chi connectivity index (χ1n) is 8.91. The van der Waals surface area contributed by atoms with Gasteiger partial charge in [-0.25, -0.2) is 9.59 Å². The van der Waals surface area contributed by atoms with Crippen LogP contribution in [0.3, 0.4) is 0 Å². The number of hydrogen-bond donors (Lipinski definition) is 0. The van der Waals surface area contributed by atoms with Gasteiger partial charge in [0.05, 0.1) is 17.7 Å². The van der Waals surface area contributed by atoms with E-state index in [0.717, 1.165) is 12.8 Å². The van der Waals surface area contributed by atoms with Gasteiger partial charge in [0, 0.05) is 5.02 Å². The average Bonchev–Trinajstić information content (AvgIpc) is 2.72. The highest BCUT2D eigenvalue weighted by Crippen LogP contribution is 2.17. The minimum absolute atomic E-state index is 0.339. The SMILES string of the molecule is O=C(OCCCc1ccccc1)c1ccc(OC(=O)c2cccc(Cl)c2)cc1. The van der Waals surface area contributed by atoms with Crippen LogP contribution >= 0.6 is 11.6 Å². The van der Waals surface area contributed by atoms with Crippen molar-refractivity contribution in [1.82, 2.24) is 0 Å². The Hall–Kier alpha value is -3.11.